The van der Waals surface area contributed by atoms with Crippen molar-refractivity contribution in [3.05, 3.63) is 33.9 Å². The van der Waals surface area contributed by atoms with E-state index < -0.39 is 4.92 Å². The maximum absolute atomic E-state index is 12.3. The van der Waals surface area contributed by atoms with E-state index in [-0.39, 0.29) is 17.6 Å². The van der Waals surface area contributed by atoms with Crippen LogP contribution in [-0.2, 0) is 0 Å². The fourth-order valence-corrected chi connectivity index (χ4v) is 2.90. The zero-order valence-corrected chi connectivity index (χ0v) is 12.4. The number of hydrogen-bond donors (Lipinski definition) is 2. The van der Waals surface area contributed by atoms with E-state index in [1.807, 2.05) is 6.92 Å². The third-order valence-electron chi connectivity index (χ3n) is 4.19. The van der Waals surface area contributed by atoms with Gasteiger partial charge in [0.1, 0.15) is 5.69 Å². The molecule has 0 aliphatic heterocycles. The Balaban J connectivity index is 2.10. The molecule has 114 valence electrons. The normalized spacial score (nSPS) is 16.5. The lowest BCUT2D eigenvalue weighted by molar-refractivity contribution is -0.383. The molecule has 0 bridgehead atoms. The molecule has 6 heteroatoms. The molecule has 1 unspecified atom stereocenters. The molecule has 1 aromatic rings. The fourth-order valence-electron chi connectivity index (χ4n) is 2.90. The van der Waals surface area contributed by atoms with E-state index in [9.17, 15) is 14.9 Å². The van der Waals surface area contributed by atoms with Gasteiger partial charge in [0.2, 0.25) is 0 Å². The molecule has 1 aromatic carbocycles. The second-order valence-electron chi connectivity index (χ2n) is 5.55. The van der Waals surface area contributed by atoms with Gasteiger partial charge in [-0.3, -0.25) is 14.9 Å². The Labute approximate surface area is 124 Å². The molecule has 1 fully saturated rings. The van der Waals surface area contributed by atoms with Crippen molar-refractivity contribution in [3.8, 4) is 0 Å². The van der Waals surface area contributed by atoms with Crippen molar-refractivity contribution in [2.75, 3.05) is 12.4 Å². The number of nitro benzene ring substituents is 1. The first kappa shape index (κ1) is 15.3. The molecule has 2 N–H and O–H groups in total. The number of benzene rings is 1. The molecule has 1 amide bonds. The van der Waals surface area contributed by atoms with Crippen LogP contribution in [0, 0.1) is 16.0 Å². The summed E-state index contributed by atoms with van der Waals surface area (Å²) >= 11 is 0. The molecule has 2 rings (SSSR count). The number of nitro groups is 1. The first-order chi connectivity index (χ1) is 10.0. The Morgan fingerprint density at radius 2 is 2.05 bits per heavy atom. The van der Waals surface area contributed by atoms with Crippen molar-refractivity contribution < 1.29 is 9.72 Å². The highest BCUT2D eigenvalue weighted by atomic mass is 16.6. The summed E-state index contributed by atoms with van der Waals surface area (Å²) in [5.41, 5.74) is 0.758. The van der Waals surface area contributed by atoms with Gasteiger partial charge in [-0.25, -0.2) is 0 Å². The highest BCUT2D eigenvalue weighted by Crippen LogP contribution is 2.28. The first-order valence-electron chi connectivity index (χ1n) is 7.30. The maximum atomic E-state index is 12.3. The maximum Gasteiger partial charge on any atom is 0.292 e. The summed E-state index contributed by atoms with van der Waals surface area (Å²) in [6.45, 7) is 2.03. The quantitative estimate of drug-likeness (QED) is 0.645. The molecule has 1 atom stereocenters. The average molecular weight is 291 g/mol. The highest BCUT2D eigenvalue weighted by Gasteiger charge is 2.24. The lowest BCUT2D eigenvalue weighted by atomic mass is 9.99. The van der Waals surface area contributed by atoms with E-state index in [1.165, 1.54) is 31.0 Å². The summed E-state index contributed by atoms with van der Waals surface area (Å²) in [4.78, 5) is 22.7. The summed E-state index contributed by atoms with van der Waals surface area (Å²) in [6, 6.07) is 4.51. The number of carbonyl (C=O) groups is 1. The lowest BCUT2D eigenvalue weighted by Gasteiger charge is -2.20. The minimum absolute atomic E-state index is 0.0297. The highest BCUT2D eigenvalue weighted by molar-refractivity contribution is 5.96. The number of nitrogens with one attached hydrogen (secondary N) is 2. The van der Waals surface area contributed by atoms with Gasteiger partial charge in [0.05, 0.1) is 4.92 Å². The summed E-state index contributed by atoms with van der Waals surface area (Å²) in [5, 5.41) is 16.6. The second kappa shape index (κ2) is 6.56. The van der Waals surface area contributed by atoms with Crippen molar-refractivity contribution in [2.24, 2.45) is 5.92 Å². The molecule has 1 aliphatic rings. The van der Waals surface area contributed by atoms with Crippen LogP contribution in [0.3, 0.4) is 0 Å². The largest absolute Gasteiger partial charge is 0.383 e. The monoisotopic (exact) mass is 291 g/mol. The van der Waals surface area contributed by atoms with Gasteiger partial charge in [-0.05, 0) is 37.8 Å². The van der Waals surface area contributed by atoms with Crippen LogP contribution in [0.1, 0.15) is 43.0 Å². The zero-order valence-electron chi connectivity index (χ0n) is 12.4. The van der Waals surface area contributed by atoms with Crippen LogP contribution in [0.25, 0.3) is 0 Å². The topological polar surface area (TPSA) is 84.3 Å². The van der Waals surface area contributed by atoms with Crippen LogP contribution in [0.5, 0.6) is 0 Å². The van der Waals surface area contributed by atoms with E-state index in [1.54, 1.807) is 7.05 Å². The minimum Gasteiger partial charge on any atom is -0.383 e. The van der Waals surface area contributed by atoms with Gasteiger partial charge in [-0.15, -0.1) is 0 Å². The third-order valence-corrected chi connectivity index (χ3v) is 4.19. The number of carbonyl (C=O) groups excluding carboxylic acids is 1. The van der Waals surface area contributed by atoms with Gasteiger partial charge in [0.15, 0.2) is 0 Å². The molecule has 1 saturated carbocycles. The van der Waals surface area contributed by atoms with Gasteiger partial charge in [0.25, 0.3) is 11.6 Å². The molecule has 0 saturated heterocycles. The molecule has 21 heavy (non-hydrogen) atoms. The molecule has 0 spiro atoms. The standard InChI is InChI=1S/C15H21N3O3/c1-10(11-5-3-4-6-11)17-15(19)12-7-8-14(18(20)21)13(9-12)16-2/h7-11,16H,3-6H2,1-2H3,(H,17,19). The Morgan fingerprint density at radius 3 is 2.62 bits per heavy atom. The van der Waals surface area contributed by atoms with E-state index in [0.29, 0.717) is 17.2 Å². The molecule has 6 nitrogen and oxygen atoms in total. The van der Waals surface area contributed by atoms with Crippen molar-refractivity contribution in [1.29, 1.82) is 0 Å². The van der Waals surface area contributed by atoms with Gasteiger partial charge < -0.3 is 10.6 Å². The summed E-state index contributed by atoms with van der Waals surface area (Å²) in [6.07, 6.45) is 4.77. The number of anilines is 1. The first-order valence-corrected chi connectivity index (χ1v) is 7.30. The van der Waals surface area contributed by atoms with E-state index in [2.05, 4.69) is 10.6 Å². The van der Waals surface area contributed by atoms with Gasteiger partial charge in [-0.2, -0.15) is 0 Å². The summed E-state index contributed by atoms with van der Waals surface area (Å²) < 4.78 is 0. The molecule has 0 radical (unpaired) electrons. The zero-order chi connectivity index (χ0) is 15.4. The number of nitrogens with zero attached hydrogens (tertiary/aromatic N) is 1. The van der Waals surface area contributed by atoms with E-state index in [0.717, 1.165) is 12.8 Å². The third kappa shape index (κ3) is 3.51. The van der Waals surface area contributed by atoms with Crippen LogP contribution in [-0.4, -0.2) is 23.9 Å². The Morgan fingerprint density at radius 1 is 1.38 bits per heavy atom. The van der Waals surface area contributed by atoms with Gasteiger partial charge in [0, 0.05) is 24.7 Å². The van der Waals surface area contributed by atoms with E-state index >= 15 is 0 Å². The average Bonchev–Trinajstić information content (AvgIpc) is 3.00. The van der Waals surface area contributed by atoms with Crippen molar-refractivity contribution >= 4 is 17.3 Å². The van der Waals surface area contributed by atoms with Gasteiger partial charge >= 0.3 is 0 Å². The van der Waals surface area contributed by atoms with Crippen LogP contribution in [0.15, 0.2) is 18.2 Å². The van der Waals surface area contributed by atoms with E-state index in [4.69, 9.17) is 0 Å². The van der Waals surface area contributed by atoms with Crippen LogP contribution in [0.4, 0.5) is 11.4 Å². The second-order valence-corrected chi connectivity index (χ2v) is 5.55. The van der Waals surface area contributed by atoms with Crippen molar-refractivity contribution in [3.63, 3.8) is 0 Å². The predicted octanol–water partition coefficient (Wildman–Crippen LogP) is 2.95. The number of amides is 1. The fraction of sp³-hybridized carbons (Fsp3) is 0.533. The predicted molar refractivity (Wildman–Crippen MR) is 81.5 cm³/mol. The van der Waals surface area contributed by atoms with Crippen molar-refractivity contribution in [2.45, 2.75) is 38.6 Å². The lowest BCUT2D eigenvalue weighted by Crippen LogP contribution is -2.37. The van der Waals surface area contributed by atoms with Crippen molar-refractivity contribution in [1.82, 2.24) is 5.32 Å². The number of rotatable bonds is 5. The smallest absolute Gasteiger partial charge is 0.292 e. The summed E-state index contributed by atoms with van der Waals surface area (Å²) in [7, 11) is 1.60. The van der Waals surface area contributed by atoms with Crippen LogP contribution < -0.4 is 10.6 Å². The van der Waals surface area contributed by atoms with Crippen LogP contribution >= 0.6 is 0 Å². The SMILES string of the molecule is CNc1cc(C(=O)NC(C)C2CCCC2)ccc1[N+](=O)[O-]. The summed E-state index contributed by atoms with van der Waals surface area (Å²) in [5.74, 6) is 0.358. The molecule has 0 aromatic heterocycles. The minimum atomic E-state index is -0.464. The molecular weight excluding hydrogens is 270 g/mol. The Hall–Kier alpha value is -2.11. The molecular formula is C15H21N3O3. The Bertz CT molecular complexity index is 539. The van der Waals surface area contributed by atoms with Crippen LogP contribution in [0.2, 0.25) is 0 Å². The van der Waals surface area contributed by atoms with Gasteiger partial charge in [-0.1, -0.05) is 12.8 Å². The Kier molecular flexibility index (Phi) is 4.77. The number of hydrogen-bond acceptors (Lipinski definition) is 4. The molecule has 1 aliphatic carbocycles. The molecule has 0 heterocycles.